The average Bonchev–Trinajstić information content (AvgIpc) is 2.98. The minimum Gasteiger partial charge on any atom is -0.335 e. The van der Waals surface area contributed by atoms with Crippen molar-refractivity contribution in [3.8, 4) is 5.69 Å². The maximum Gasteiger partial charge on any atom is 0.322 e. The van der Waals surface area contributed by atoms with Crippen LogP contribution in [-0.4, -0.2) is 33.4 Å². The number of hydrogen-bond donors (Lipinski definition) is 1. The Bertz CT molecular complexity index is 581. The van der Waals surface area contributed by atoms with Crippen LogP contribution in [0.25, 0.3) is 5.69 Å². The molecule has 2 aromatic rings. The fourth-order valence-electron chi connectivity index (χ4n) is 1.92. The van der Waals surface area contributed by atoms with E-state index >= 15 is 0 Å². The van der Waals surface area contributed by atoms with Crippen molar-refractivity contribution in [2.45, 2.75) is 33.2 Å². The number of urea groups is 1. The Hall–Kier alpha value is -2.37. The lowest BCUT2D eigenvalue weighted by molar-refractivity contribution is 0.243. The fraction of sp³-hybridized carbons (Fsp3) is 0.400. The third kappa shape index (κ3) is 3.59. The molecule has 0 spiro atoms. The van der Waals surface area contributed by atoms with E-state index in [-0.39, 0.29) is 12.1 Å². The molecule has 0 aliphatic rings. The fourth-order valence-corrected chi connectivity index (χ4v) is 1.92. The maximum absolute atomic E-state index is 12.3. The molecule has 0 saturated carbocycles. The number of anilines is 1. The van der Waals surface area contributed by atoms with Crippen molar-refractivity contribution < 1.29 is 4.79 Å². The Labute approximate surface area is 124 Å². The first-order chi connectivity index (χ1) is 10.2. The van der Waals surface area contributed by atoms with Crippen LogP contribution in [0.3, 0.4) is 0 Å². The van der Waals surface area contributed by atoms with Gasteiger partial charge in [-0.1, -0.05) is 6.92 Å². The lowest BCUT2D eigenvalue weighted by Gasteiger charge is -2.22. The van der Waals surface area contributed by atoms with Gasteiger partial charge in [-0.05, 0) is 32.4 Å². The van der Waals surface area contributed by atoms with Gasteiger partial charge in [-0.25, -0.2) is 9.48 Å². The van der Waals surface area contributed by atoms with E-state index in [1.165, 1.54) is 0 Å². The molecule has 2 aromatic heterocycles. The van der Waals surface area contributed by atoms with E-state index in [1.807, 2.05) is 39.1 Å². The summed E-state index contributed by atoms with van der Waals surface area (Å²) < 4.78 is 1.71. The number of nitrogens with one attached hydrogen (secondary N) is 1. The van der Waals surface area contributed by atoms with Crippen LogP contribution in [0.1, 0.15) is 27.2 Å². The number of nitrogens with zero attached hydrogens (tertiary/aromatic N) is 4. The molecule has 6 heteroatoms. The number of carbonyl (C=O) groups is 1. The highest BCUT2D eigenvalue weighted by Gasteiger charge is 2.17. The molecule has 0 aliphatic carbocycles. The van der Waals surface area contributed by atoms with Crippen LogP contribution in [0.15, 0.2) is 36.9 Å². The van der Waals surface area contributed by atoms with E-state index in [1.54, 1.807) is 28.2 Å². The third-order valence-electron chi connectivity index (χ3n) is 3.33. The molecule has 21 heavy (non-hydrogen) atoms. The summed E-state index contributed by atoms with van der Waals surface area (Å²) in [5.41, 5.74) is 1.63. The molecule has 0 aliphatic heterocycles. The number of pyridine rings is 1. The minimum absolute atomic E-state index is 0.0995. The molecule has 0 aromatic carbocycles. The second-order valence-corrected chi connectivity index (χ2v) is 4.86. The Kier molecular flexibility index (Phi) is 4.92. The summed E-state index contributed by atoms with van der Waals surface area (Å²) in [6.07, 6.45) is 7.86. The van der Waals surface area contributed by atoms with Crippen molar-refractivity contribution in [2.24, 2.45) is 0 Å². The quantitative estimate of drug-likeness (QED) is 0.919. The van der Waals surface area contributed by atoms with Gasteiger partial charge in [0.25, 0.3) is 0 Å². The predicted molar refractivity (Wildman–Crippen MR) is 82.7 cm³/mol. The lowest BCUT2D eigenvalue weighted by Crippen LogP contribution is -2.43. The van der Waals surface area contributed by atoms with E-state index < -0.39 is 0 Å². The molecule has 1 N–H and O–H groups in total. The molecular formula is C15H21N5O. The summed E-state index contributed by atoms with van der Waals surface area (Å²) in [5.74, 6) is 0. The minimum atomic E-state index is -0.0995. The van der Waals surface area contributed by atoms with Gasteiger partial charge in [-0.3, -0.25) is 9.88 Å². The smallest absolute Gasteiger partial charge is 0.322 e. The average molecular weight is 287 g/mol. The lowest BCUT2D eigenvalue weighted by atomic mass is 10.3. The van der Waals surface area contributed by atoms with Gasteiger partial charge in [-0.2, -0.15) is 5.10 Å². The number of rotatable bonds is 5. The number of aromatic nitrogens is 3. The first kappa shape index (κ1) is 15.0. The van der Waals surface area contributed by atoms with Crippen LogP contribution < -0.4 is 10.2 Å². The van der Waals surface area contributed by atoms with Crippen LogP contribution in [0, 0.1) is 0 Å². The van der Waals surface area contributed by atoms with Crippen molar-refractivity contribution in [2.75, 3.05) is 11.4 Å². The van der Waals surface area contributed by atoms with E-state index in [0.29, 0.717) is 6.54 Å². The van der Waals surface area contributed by atoms with Gasteiger partial charge in [0.1, 0.15) is 0 Å². The Morgan fingerprint density at radius 1 is 1.43 bits per heavy atom. The molecular weight excluding hydrogens is 266 g/mol. The summed E-state index contributed by atoms with van der Waals surface area (Å²) in [6.45, 7) is 6.56. The van der Waals surface area contributed by atoms with Crippen molar-refractivity contribution in [1.29, 1.82) is 0 Å². The summed E-state index contributed by atoms with van der Waals surface area (Å²) in [7, 11) is 0. The van der Waals surface area contributed by atoms with E-state index in [0.717, 1.165) is 17.8 Å². The summed E-state index contributed by atoms with van der Waals surface area (Å²) in [4.78, 5) is 18.0. The highest BCUT2D eigenvalue weighted by molar-refractivity contribution is 5.91. The van der Waals surface area contributed by atoms with Gasteiger partial charge in [-0.15, -0.1) is 0 Å². The van der Waals surface area contributed by atoms with Crippen LogP contribution in [0.5, 0.6) is 0 Å². The normalized spacial score (nSPS) is 12.0. The molecule has 1 unspecified atom stereocenters. The Balaban J connectivity index is 2.16. The summed E-state index contributed by atoms with van der Waals surface area (Å²) >= 11 is 0. The van der Waals surface area contributed by atoms with E-state index in [4.69, 9.17) is 0 Å². The number of amides is 2. The van der Waals surface area contributed by atoms with Crippen molar-refractivity contribution in [3.63, 3.8) is 0 Å². The highest BCUT2D eigenvalue weighted by Crippen LogP contribution is 2.15. The first-order valence-electron chi connectivity index (χ1n) is 7.18. The zero-order chi connectivity index (χ0) is 15.2. The van der Waals surface area contributed by atoms with Crippen LogP contribution in [0.4, 0.5) is 10.5 Å². The third-order valence-corrected chi connectivity index (χ3v) is 3.33. The SMILES string of the molecule is CCC(C)NC(=O)N(CC)c1cnn(-c2cccnc2)c1. The van der Waals surface area contributed by atoms with Gasteiger partial charge >= 0.3 is 6.03 Å². The predicted octanol–water partition coefficient (Wildman–Crippen LogP) is 2.60. The van der Waals surface area contributed by atoms with E-state index in [2.05, 4.69) is 15.4 Å². The van der Waals surface area contributed by atoms with Crippen molar-refractivity contribution in [1.82, 2.24) is 20.1 Å². The van der Waals surface area contributed by atoms with Crippen LogP contribution >= 0.6 is 0 Å². The van der Waals surface area contributed by atoms with Crippen molar-refractivity contribution in [3.05, 3.63) is 36.9 Å². The van der Waals surface area contributed by atoms with E-state index in [9.17, 15) is 4.79 Å². The second kappa shape index (κ2) is 6.88. The van der Waals surface area contributed by atoms with Crippen LogP contribution in [-0.2, 0) is 0 Å². The van der Waals surface area contributed by atoms with Gasteiger partial charge in [0, 0.05) is 18.8 Å². The molecule has 2 heterocycles. The maximum atomic E-state index is 12.3. The largest absolute Gasteiger partial charge is 0.335 e. The molecule has 6 nitrogen and oxygen atoms in total. The molecule has 0 bridgehead atoms. The molecule has 2 rings (SSSR count). The standard InChI is InChI=1S/C15H21N5O/c1-4-12(3)18-15(21)19(5-2)14-10-17-20(11-14)13-7-6-8-16-9-13/h6-12H,4-5H2,1-3H3,(H,18,21). The van der Waals surface area contributed by atoms with Crippen LogP contribution in [0.2, 0.25) is 0 Å². The number of hydrogen-bond acceptors (Lipinski definition) is 3. The zero-order valence-electron chi connectivity index (χ0n) is 12.7. The topological polar surface area (TPSA) is 63.1 Å². The zero-order valence-corrected chi connectivity index (χ0v) is 12.7. The monoisotopic (exact) mass is 287 g/mol. The van der Waals surface area contributed by atoms with Gasteiger partial charge in [0.05, 0.1) is 30.0 Å². The molecule has 0 fully saturated rings. The molecule has 112 valence electrons. The highest BCUT2D eigenvalue weighted by atomic mass is 16.2. The molecule has 0 saturated heterocycles. The van der Waals surface area contributed by atoms with Gasteiger partial charge in [0.2, 0.25) is 0 Å². The molecule has 2 amide bonds. The first-order valence-corrected chi connectivity index (χ1v) is 7.18. The molecule has 1 atom stereocenters. The van der Waals surface area contributed by atoms with Crippen molar-refractivity contribution >= 4 is 11.7 Å². The Morgan fingerprint density at radius 3 is 2.86 bits per heavy atom. The van der Waals surface area contributed by atoms with Gasteiger partial charge < -0.3 is 5.32 Å². The summed E-state index contributed by atoms with van der Waals surface area (Å²) in [5, 5.41) is 7.26. The molecule has 0 radical (unpaired) electrons. The number of carbonyl (C=O) groups excluding carboxylic acids is 1. The Morgan fingerprint density at radius 2 is 2.24 bits per heavy atom. The second-order valence-electron chi connectivity index (χ2n) is 4.86. The van der Waals surface area contributed by atoms with Gasteiger partial charge in [0.15, 0.2) is 0 Å². The summed E-state index contributed by atoms with van der Waals surface area (Å²) in [6, 6.07) is 3.82.